The number of likely N-dealkylation sites (N-methyl/N-ethyl adjacent to an activating group) is 1. The van der Waals surface area contributed by atoms with Gasteiger partial charge in [-0.15, -0.1) is 0 Å². The number of aromatic nitrogens is 2. The number of carbonyl (C=O) groups excluding carboxylic acids is 1. The second-order valence-electron chi connectivity index (χ2n) is 7.20. The molecule has 0 aliphatic carbocycles. The molecule has 8 heteroatoms. The van der Waals surface area contributed by atoms with Crippen LogP contribution in [0, 0.1) is 0 Å². The minimum Gasteiger partial charge on any atom is -0.345 e. The summed E-state index contributed by atoms with van der Waals surface area (Å²) >= 11 is 0. The molecule has 0 aliphatic heterocycles. The molecular formula is C22H22N4O3S. The van der Waals surface area contributed by atoms with Crippen molar-refractivity contribution in [2.24, 2.45) is 0 Å². The number of sulfonamides is 1. The van der Waals surface area contributed by atoms with Crippen molar-refractivity contribution in [3.8, 4) is 0 Å². The van der Waals surface area contributed by atoms with Crippen LogP contribution in [0.25, 0.3) is 21.8 Å². The largest absolute Gasteiger partial charge is 0.345 e. The lowest BCUT2D eigenvalue weighted by Crippen LogP contribution is -2.39. The number of nitrogens with zero attached hydrogens (tertiary/aromatic N) is 2. The molecule has 0 aliphatic rings. The minimum absolute atomic E-state index is 0.154. The van der Waals surface area contributed by atoms with E-state index >= 15 is 0 Å². The molecule has 2 N–H and O–H groups in total. The monoisotopic (exact) mass is 422 g/mol. The Hall–Kier alpha value is -3.23. The van der Waals surface area contributed by atoms with E-state index in [0.717, 1.165) is 26.1 Å². The summed E-state index contributed by atoms with van der Waals surface area (Å²) < 4.78 is 26.9. The summed E-state index contributed by atoms with van der Waals surface area (Å²) in [5, 5.41) is 4.59. The van der Waals surface area contributed by atoms with Crippen LogP contribution in [0.1, 0.15) is 18.8 Å². The molecule has 0 fully saturated rings. The van der Waals surface area contributed by atoms with Crippen molar-refractivity contribution in [2.75, 3.05) is 13.6 Å². The number of rotatable bonds is 6. The number of carbonyl (C=O) groups is 1. The number of aromatic amines is 1. The average Bonchev–Trinajstić information content (AvgIpc) is 3.17. The number of benzene rings is 3. The molecule has 4 rings (SSSR count). The molecule has 4 aromatic rings. The summed E-state index contributed by atoms with van der Waals surface area (Å²) in [7, 11) is -2.40. The Kier molecular flexibility index (Phi) is 5.27. The lowest BCUT2D eigenvalue weighted by Gasteiger charge is -2.19. The highest BCUT2D eigenvalue weighted by Crippen LogP contribution is 2.21. The fourth-order valence-electron chi connectivity index (χ4n) is 3.33. The highest BCUT2D eigenvalue weighted by atomic mass is 32.2. The van der Waals surface area contributed by atoms with E-state index in [4.69, 9.17) is 0 Å². The Morgan fingerprint density at radius 1 is 1.07 bits per heavy atom. The third kappa shape index (κ3) is 3.92. The fourth-order valence-corrected chi connectivity index (χ4v) is 4.49. The first-order valence-electron chi connectivity index (χ1n) is 9.54. The molecule has 0 radical (unpaired) electrons. The summed E-state index contributed by atoms with van der Waals surface area (Å²) in [6.07, 6.45) is 0. The van der Waals surface area contributed by atoms with Crippen molar-refractivity contribution in [2.45, 2.75) is 17.9 Å². The Morgan fingerprint density at radius 2 is 1.77 bits per heavy atom. The van der Waals surface area contributed by atoms with Gasteiger partial charge in [0.05, 0.1) is 28.5 Å². The van der Waals surface area contributed by atoms with Crippen LogP contribution in [0.4, 0.5) is 0 Å². The Labute approximate surface area is 174 Å². The molecule has 0 saturated carbocycles. The van der Waals surface area contributed by atoms with Crippen LogP contribution in [0.15, 0.2) is 71.6 Å². The molecule has 1 atom stereocenters. The molecule has 1 heterocycles. The maximum absolute atomic E-state index is 12.9. The van der Waals surface area contributed by atoms with Gasteiger partial charge in [0.2, 0.25) is 15.9 Å². The third-order valence-electron chi connectivity index (χ3n) is 4.99. The molecule has 0 bridgehead atoms. The number of imidazole rings is 1. The second kappa shape index (κ2) is 7.89. The molecule has 30 heavy (non-hydrogen) atoms. The van der Waals surface area contributed by atoms with Crippen LogP contribution in [0.5, 0.6) is 0 Å². The third-order valence-corrected chi connectivity index (χ3v) is 6.79. The first-order chi connectivity index (χ1) is 14.3. The van der Waals surface area contributed by atoms with Crippen LogP contribution < -0.4 is 5.32 Å². The zero-order valence-electron chi connectivity index (χ0n) is 16.7. The van der Waals surface area contributed by atoms with Gasteiger partial charge in [0.25, 0.3) is 0 Å². The summed E-state index contributed by atoms with van der Waals surface area (Å²) in [6.45, 7) is 1.51. The van der Waals surface area contributed by atoms with Gasteiger partial charge in [-0.3, -0.25) is 4.79 Å². The quantitative estimate of drug-likeness (QED) is 0.499. The van der Waals surface area contributed by atoms with E-state index in [1.807, 2.05) is 48.5 Å². The zero-order valence-corrected chi connectivity index (χ0v) is 17.5. The molecule has 1 aromatic heterocycles. The molecule has 1 amide bonds. The smallest absolute Gasteiger partial charge is 0.243 e. The van der Waals surface area contributed by atoms with Gasteiger partial charge in [-0.25, -0.2) is 13.4 Å². The number of hydrogen-bond acceptors (Lipinski definition) is 4. The molecule has 0 spiro atoms. The molecule has 3 aromatic carbocycles. The summed E-state index contributed by atoms with van der Waals surface area (Å²) in [5.74, 6) is 0.208. The van der Waals surface area contributed by atoms with E-state index in [1.165, 1.54) is 7.05 Å². The summed E-state index contributed by atoms with van der Waals surface area (Å²) in [5.41, 5.74) is 1.69. The van der Waals surface area contributed by atoms with E-state index in [2.05, 4.69) is 15.3 Å². The summed E-state index contributed by atoms with van der Waals surface area (Å²) in [6, 6.07) is 19.7. The number of amides is 1. The van der Waals surface area contributed by atoms with Crippen LogP contribution in [0.3, 0.4) is 0 Å². The van der Waals surface area contributed by atoms with Gasteiger partial charge in [0.15, 0.2) is 0 Å². The summed E-state index contributed by atoms with van der Waals surface area (Å²) in [4.78, 5) is 20.3. The molecule has 0 saturated heterocycles. The van der Waals surface area contributed by atoms with Crippen LogP contribution in [-0.2, 0) is 14.8 Å². The predicted octanol–water partition coefficient (Wildman–Crippen LogP) is 3.21. The molecular weight excluding hydrogens is 400 g/mol. The minimum atomic E-state index is -3.80. The lowest BCUT2D eigenvalue weighted by atomic mass is 10.1. The maximum Gasteiger partial charge on any atom is 0.243 e. The molecule has 154 valence electrons. The van der Waals surface area contributed by atoms with Gasteiger partial charge in [0.1, 0.15) is 5.82 Å². The number of hydrogen-bond donors (Lipinski definition) is 2. The van der Waals surface area contributed by atoms with E-state index in [1.54, 1.807) is 25.1 Å². The van der Waals surface area contributed by atoms with Crippen LogP contribution in [-0.4, -0.2) is 42.2 Å². The van der Waals surface area contributed by atoms with Crippen molar-refractivity contribution >= 4 is 37.7 Å². The highest BCUT2D eigenvalue weighted by Gasteiger charge is 2.24. The predicted molar refractivity (Wildman–Crippen MR) is 116 cm³/mol. The number of para-hydroxylation sites is 2. The average molecular weight is 423 g/mol. The first kappa shape index (κ1) is 20.1. The van der Waals surface area contributed by atoms with Gasteiger partial charge in [-0.05, 0) is 42.0 Å². The van der Waals surface area contributed by atoms with Gasteiger partial charge in [-0.2, -0.15) is 4.31 Å². The number of fused-ring (bicyclic) bond motifs is 2. The highest BCUT2D eigenvalue weighted by molar-refractivity contribution is 7.89. The van der Waals surface area contributed by atoms with Crippen molar-refractivity contribution in [3.05, 3.63) is 72.6 Å². The maximum atomic E-state index is 12.9. The molecule has 7 nitrogen and oxygen atoms in total. The molecule has 1 unspecified atom stereocenters. The Morgan fingerprint density at radius 3 is 2.53 bits per heavy atom. The van der Waals surface area contributed by atoms with Gasteiger partial charge in [0, 0.05) is 7.05 Å². The first-order valence-corrected chi connectivity index (χ1v) is 11.0. The topological polar surface area (TPSA) is 95.2 Å². The standard InChI is InChI=1S/C22H22N4O3S/c1-15(22-24-19-9-5-6-10-20(19)25-22)23-21(27)14-26(2)30(28,29)18-12-11-16-7-3-4-8-17(16)13-18/h3-13,15H,14H2,1-2H3,(H,23,27)(H,24,25). The second-order valence-corrected chi connectivity index (χ2v) is 9.24. The Bertz CT molecular complexity index is 1300. The van der Waals surface area contributed by atoms with Crippen LogP contribution in [0.2, 0.25) is 0 Å². The SMILES string of the molecule is CC(NC(=O)CN(C)S(=O)(=O)c1ccc2ccccc2c1)c1nc2ccccc2[nH]1. The fraction of sp³-hybridized carbons (Fsp3) is 0.182. The van der Waals surface area contributed by atoms with Crippen molar-refractivity contribution in [3.63, 3.8) is 0 Å². The van der Waals surface area contributed by atoms with Gasteiger partial charge < -0.3 is 10.3 Å². The normalized spacial score (nSPS) is 13.0. The zero-order chi connectivity index (χ0) is 21.3. The van der Waals surface area contributed by atoms with Crippen molar-refractivity contribution < 1.29 is 13.2 Å². The van der Waals surface area contributed by atoms with Gasteiger partial charge >= 0.3 is 0 Å². The lowest BCUT2D eigenvalue weighted by molar-refractivity contribution is -0.121. The van der Waals surface area contributed by atoms with Crippen molar-refractivity contribution in [1.82, 2.24) is 19.6 Å². The number of H-pyrrole nitrogens is 1. The van der Waals surface area contributed by atoms with E-state index in [0.29, 0.717) is 5.82 Å². The Balaban J connectivity index is 1.46. The van der Waals surface area contributed by atoms with E-state index in [9.17, 15) is 13.2 Å². The van der Waals surface area contributed by atoms with Crippen molar-refractivity contribution in [1.29, 1.82) is 0 Å². The van der Waals surface area contributed by atoms with E-state index < -0.39 is 15.9 Å². The van der Waals surface area contributed by atoms with Gasteiger partial charge in [-0.1, -0.05) is 42.5 Å². The number of nitrogens with one attached hydrogen (secondary N) is 2. The van der Waals surface area contributed by atoms with Crippen LogP contribution >= 0.6 is 0 Å². The van der Waals surface area contributed by atoms with E-state index in [-0.39, 0.29) is 17.5 Å².